The molecule has 10 aliphatic rings. The number of para-hydroxylation sites is 1. The summed E-state index contributed by atoms with van der Waals surface area (Å²) in [5.74, 6) is 4.86. The van der Waals surface area contributed by atoms with Crippen LogP contribution in [-0.2, 0) is 88.8 Å². The van der Waals surface area contributed by atoms with Crippen molar-refractivity contribution in [2.45, 2.75) is 71.8 Å². The van der Waals surface area contributed by atoms with Gasteiger partial charge in [-0.2, -0.15) is 5.10 Å². The fourth-order valence-electron chi connectivity index (χ4n) is 22.3. The summed E-state index contributed by atoms with van der Waals surface area (Å²) in [4.78, 5) is 137. The lowest BCUT2D eigenvalue weighted by molar-refractivity contribution is -0.127. The third-order valence-corrected chi connectivity index (χ3v) is 30.1. The van der Waals surface area contributed by atoms with E-state index in [0.717, 1.165) is 224 Å². The normalized spacial score (nSPS) is 16.5. The molecule has 24 rings (SSSR count). The van der Waals surface area contributed by atoms with E-state index < -0.39 is 5.82 Å². The van der Waals surface area contributed by atoms with Crippen LogP contribution in [0.15, 0.2) is 247 Å². The van der Waals surface area contributed by atoms with Crippen molar-refractivity contribution in [1.29, 1.82) is 0 Å². The number of anilines is 10. The molecule has 768 valence electrons. The summed E-state index contributed by atoms with van der Waals surface area (Å²) in [6.07, 6.45) is 21.1. The average Bonchev–Trinajstić information content (AvgIpc) is 1.27. The molecule has 10 aliphatic heterocycles. The van der Waals surface area contributed by atoms with Gasteiger partial charge in [-0.3, -0.25) is 29.1 Å². The Kier molecular flexibility index (Phi) is 30.0. The van der Waals surface area contributed by atoms with Gasteiger partial charge in [0.25, 0.3) is 0 Å². The number of amides is 5. The molecule has 0 radical (unpaired) electrons. The SMILES string of the molecule is C=CC(=O)N1CCN(c2ncnc3c2CCN(c2c(C)ccc4[nH]ncc24)C3)CC1.C=CC(=O)N1CCN(c2ncnc3c2CCN(c2c(O)cccc2F)C3)CC1.C=CC(=O)N1CCN(c2ncnc3c2CCN(c2cc(O)cc4ccccc24)C3)CC1.C=CC(=O)N1CCN(c2ncnc3c2CCN(c2cccc4ccc(O)cc24)C3)CC1.C=CC(=O)N1CCN(c2ncnc3c2CCN(c2cccc4ccccc24)C3)CC1. The van der Waals surface area contributed by atoms with Crippen LogP contribution in [0.2, 0.25) is 0 Å². The van der Waals surface area contributed by atoms with Crippen molar-refractivity contribution in [1.82, 2.24) is 84.5 Å². The third kappa shape index (κ3) is 21.3. The van der Waals surface area contributed by atoms with Crippen LogP contribution in [-0.4, -0.2) is 293 Å². The van der Waals surface area contributed by atoms with E-state index in [0.29, 0.717) is 111 Å². The molecule has 0 atom stereocenters. The summed E-state index contributed by atoms with van der Waals surface area (Å²) >= 11 is 0. The van der Waals surface area contributed by atoms with Crippen LogP contribution in [0.3, 0.4) is 0 Å². The number of aromatic nitrogens is 12. The molecule has 5 amide bonds. The van der Waals surface area contributed by atoms with Crippen LogP contribution in [0.5, 0.6) is 17.2 Å². The number of rotatable bonds is 15. The van der Waals surface area contributed by atoms with Gasteiger partial charge in [0, 0.05) is 236 Å². The van der Waals surface area contributed by atoms with Crippen molar-refractivity contribution in [3.05, 3.63) is 314 Å². The number of phenols is 3. The van der Waals surface area contributed by atoms with Gasteiger partial charge in [-0.1, -0.05) is 124 Å². The number of fused-ring (bicyclic) bond motifs is 9. The topological polar surface area (TPSA) is 352 Å². The maximum absolute atomic E-state index is 14.2. The number of carbonyl (C=O) groups excluding carboxylic acids is 5. The first kappa shape index (κ1) is 100. The number of piperazine rings is 5. The quantitative estimate of drug-likeness (QED) is 0.0693. The van der Waals surface area contributed by atoms with Crippen molar-refractivity contribution >= 4 is 130 Å². The summed E-state index contributed by atoms with van der Waals surface area (Å²) < 4.78 is 14.2. The zero-order chi connectivity index (χ0) is 104. The summed E-state index contributed by atoms with van der Waals surface area (Å²) in [5.41, 5.74) is 18.1. The Balaban J connectivity index is 0.000000113. The molecule has 16 heterocycles. The van der Waals surface area contributed by atoms with E-state index in [-0.39, 0.29) is 52.5 Å². The van der Waals surface area contributed by atoms with Crippen molar-refractivity contribution in [2.24, 2.45) is 0 Å². The molecule has 6 aromatic heterocycles. The van der Waals surface area contributed by atoms with Gasteiger partial charge in [-0.15, -0.1) is 0 Å². The first-order valence-electron chi connectivity index (χ1n) is 51.3. The molecular formula is C114H122FN27O8. The predicted molar refractivity (Wildman–Crippen MR) is 583 cm³/mol. The minimum atomic E-state index is -0.444. The number of nitrogens with one attached hydrogen (secondary N) is 1. The number of hydrogen-bond donors (Lipinski definition) is 4. The first-order chi connectivity index (χ1) is 73.2. The minimum absolute atomic E-state index is 0.00111. The maximum Gasteiger partial charge on any atom is 0.246 e. The number of nitrogens with zero attached hydrogens (tertiary/aromatic N) is 26. The molecule has 14 aromatic rings. The third-order valence-electron chi connectivity index (χ3n) is 30.1. The molecule has 0 aliphatic carbocycles. The molecule has 0 spiro atoms. The molecule has 35 nitrogen and oxygen atoms in total. The Morgan fingerprint density at radius 3 is 1.01 bits per heavy atom. The Bertz CT molecular complexity index is 7430. The Morgan fingerprint density at radius 1 is 0.300 bits per heavy atom. The molecule has 4 N–H and O–H groups in total. The highest BCUT2D eigenvalue weighted by Gasteiger charge is 2.37. The van der Waals surface area contributed by atoms with Crippen molar-refractivity contribution in [3.63, 3.8) is 0 Å². The van der Waals surface area contributed by atoms with Crippen molar-refractivity contribution < 1.29 is 43.7 Å². The molecule has 0 bridgehead atoms. The van der Waals surface area contributed by atoms with Crippen molar-refractivity contribution in [3.8, 4) is 17.2 Å². The van der Waals surface area contributed by atoms with E-state index in [1.807, 2.05) is 67.1 Å². The standard InChI is InChI=1S/2C24H25N5O2.C24H25N5O.C22H25N7O.C20H22FN5O2/c1-2-23(31)27-10-12-28(13-11-27)24-19-8-9-29(15-21(19)25-16-26-24)22-5-3-4-17-6-7-18(30)14-20(17)22;1-2-23(31)27-9-11-28(12-10-27)24-20-7-8-29(15-21(20)25-16-26-24)22-14-18(30)13-17-5-3-4-6-19(17)22;1-2-23(30)27-12-14-28(15-13-27)24-20-10-11-29(16-21(20)25-17-26-24)22-9-5-7-18-6-3-4-8-19(18)22;1-3-20(30)27-8-10-28(11-9-27)22-16-6-7-29(13-19(16)23-14-24-22)21-15(2)4-5-18-17(21)12-25-26-18;1-2-18(28)24-8-10-25(11-9-24)20-14-6-7-26(12-16(14)22-13-23-20)19-15(21)4-3-5-17(19)27/h2-7,14,16,30H,1,8-13,15H2;2-6,13-14,16,30H,1,7-12,15H2;2-9,17H,1,10-16H2;3-5,12,14H,1,6-11,13H2,2H3,(H,25,26);2-5,13,27H,1,6-12H2. The number of phenolic OH excluding ortho intramolecular Hbond substituents is 3. The number of aromatic amines is 1. The Morgan fingerprint density at radius 2 is 0.627 bits per heavy atom. The van der Waals surface area contributed by atoms with Crippen LogP contribution in [0.4, 0.5) is 61.9 Å². The largest absolute Gasteiger partial charge is 0.508 e. The molecule has 8 aromatic carbocycles. The minimum Gasteiger partial charge on any atom is -0.508 e. The average molecular weight is 2020 g/mol. The lowest BCUT2D eigenvalue weighted by Crippen LogP contribution is -2.49. The monoisotopic (exact) mass is 2020 g/mol. The fraction of sp³-hybridized carbons (Fsp3) is 0.316. The highest BCUT2D eigenvalue weighted by molar-refractivity contribution is 5.99. The molecule has 150 heavy (non-hydrogen) atoms. The highest BCUT2D eigenvalue weighted by Crippen LogP contribution is 2.43. The summed E-state index contributed by atoms with van der Waals surface area (Å²) in [6.45, 7) is 41.7. The maximum atomic E-state index is 14.2. The van der Waals surface area contributed by atoms with Crippen LogP contribution < -0.4 is 49.0 Å². The predicted octanol–water partition coefficient (Wildman–Crippen LogP) is 12.3. The first-order valence-corrected chi connectivity index (χ1v) is 51.3. The second kappa shape index (κ2) is 45.0. The van der Waals surface area contributed by atoms with E-state index in [1.54, 1.807) is 42.3 Å². The van der Waals surface area contributed by atoms with Crippen LogP contribution >= 0.6 is 0 Å². The number of benzene rings is 8. The van der Waals surface area contributed by atoms with E-state index in [4.69, 9.17) is 0 Å². The van der Waals surface area contributed by atoms with Crippen molar-refractivity contribution in [2.75, 3.05) is 213 Å². The lowest BCUT2D eigenvalue weighted by atomic mass is 10.0. The number of halogens is 1. The Hall–Kier alpha value is -17.2. The summed E-state index contributed by atoms with van der Waals surface area (Å²) in [5, 5.41) is 45.6. The van der Waals surface area contributed by atoms with Gasteiger partial charge in [-0.05, 0) is 140 Å². The van der Waals surface area contributed by atoms with Gasteiger partial charge in [-0.25, -0.2) is 54.2 Å². The summed E-state index contributed by atoms with van der Waals surface area (Å²) in [7, 11) is 0. The number of aromatic hydroxyl groups is 3. The van der Waals surface area contributed by atoms with E-state index >= 15 is 0 Å². The van der Waals surface area contributed by atoms with E-state index in [2.05, 4.69) is 223 Å². The smallest absolute Gasteiger partial charge is 0.246 e. The van der Waals surface area contributed by atoms with Gasteiger partial charge in [0.15, 0.2) is 0 Å². The Labute approximate surface area is 869 Å². The second-order valence-electron chi connectivity index (χ2n) is 38.6. The number of hydrogen-bond acceptors (Lipinski definition) is 29. The molecule has 36 heteroatoms. The van der Waals surface area contributed by atoms with Gasteiger partial charge >= 0.3 is 0 Å². The van der Waals surface area contributed by atoms with E-state index in [9.17, 15) is 43.7 Å². The molecule has 5 fully saturated rings. The zero-order valence-corrected chi connectivity index (χ0v) is 84.4. The van der Waals surface area contributed by atoms with Crippen LogP contribution in [0.25, 0.3) is 43.2 Å². The second-order valence-corrected chi connectivity index (χ2v) is 38.6. The number of H-pyrrole nitrogens is 1. The number of aryl methyl sites for hydroxylation is 1. The van der Waals surface area contributed by atoms with Crippen LogP contribution in [0.1, 0.15) is 61.9 Å². The molecule has 5 saturated heterocycles. The molecule has 0 saturated carbocycles. The van der Waals surface area contributed by atoms with Gasteiger partial charge < -0.3 is 88.8 Å². The highest BCUT2D eigenvalue weighted by atomic mass is 19.1. The van der Waals surface area contributed by atoms with E-state index in [1.165, 1.54) is 105 Å². The summed E-state index contributed by atoms with van der Waals surface area (Å²) in [6, 6.07) is 47.0. The van der Waals surface area contributed by atoms with Gasteiger partial charge in [0.2, 0.25) is 29.5 Å². The zero-order valence-electron chi connectivity index (χ0n) is 84.4. The molecule has 0 unspecified atom stereocenters. The van der Waals surface area contributed by atoms with Gasteiger partial charge in [0.05, 0.1) is 78.6 Å². The van der Waals surface area contributed by atoms with Gasteiger partial charge in [0.1, 0.15) is 89.5 Å². The molecular weight excluding hydrogens is 1890 g/mol. The lowest BCUT2D eigenvalue weighted by Gasteiger charge is -2.38. The number of carbonyl (C=O) groups is 5. The fourth-order valence-corrected chi connectivity index (χ4v) is 22.3. The van der Waals surface area contributed by atoms with Crippen LogP contribution in [0, 0.1) is 12.7 Å².